The standard InChI is InChI=1S/C27H32N2O6/c1-3-32-26(30)15-9-17-34-28-24-19-25(29-35-18-10-16-27(31)33-4-2)23-14-8-6-12-21(23)20-11-5-7-13-22(20)24/h5-8,11-14H,3-4,9-10,15-19H2,1-2H3. The molecule has 2 aromatic carbocycles. The lowest BCUT2D eigenvalue weighted by Crippen LogP contribution is -2.11. The first kappa shape index (κ1) is 25.9. The van der Waals surface area contributed by atoms with Crippen LogP contribution in [0.2, 0.25) is 0 Å². The van der Waals surface area contributed by atoms with Gasteiger partial charge in [-0.1, -0.05) is 58.8 Å². The molecule has 0 amide bonds. The number of fused-ring (bicyclic) bond motifs is 3. The SMILES string of the molecule is CCOC(=O)CCCON=C1CC(=NOCCCC(=O)OCC)c2ccccc2-c2ccccc21. The molecule has 0 aliphatic heterocycles. The first-order valence-corrected chi connectivity index (χ1v) is 12.0. The summed E-state index contributed by atoms with van der Waals surface area (Å²) < 4.78 is 9.89. The van der Waals surface area contributed by atoms with Crippen molar-refractivity contribution in [2.75, 3.05) is 26.4 Å². The Morgan fingerprint density at radius 1 is 0.686 bits per heavy atom. The van der Waals surface area contributed by atoms with Gasteiger partial charge in [0, 0.05) is 30.4 Å². The van der Waals surface area contributed by atoms with E-state index in [1.807, 2.05) is 48.5 Å². The van der Waals surface area contributed by atoms with Gasteiger partial charge < -0.3 is 19.1 Å². The highest BCUT2D eigenvalue weighted by Crippen LogP contribution is 2.33. The summed E-state index contributed by atoms with van der Waals surface area (Å²) in [5.74, 6) is -0.484. The minimum absolute atomic E-state index is 0.242. The fourth-order valence-corrected chi connectivity index (χ4v) is 3.73. The Bertz CT molecular complexity index is 980. The molecule has 0 fully saturated rings. The lowest BCUT2D eigenvalue weighted by molar-refractivity contribution is -0.144. The van der Waals surface area contributed by atoms with Crippen LogP contribution in [0.5, 0.6) is 0 Å². The van der Waals surface area contributed by atoms with Gasteiger partial charge in [-0.2, -0.15) is 0 Å². The molecule has 0 spiro atoms. The van der Waals surface area contributed by atoms with E-state index in [9.17, 15) is 9.59 Å². The van der Waals surface area contributed by atoms with Crippen molar-refractivity contribution in [3.63, 3.8) is 0 Å². The second-order valence-electron chi connectivity index (χ2n) is 7.83. The molecule has 1 aliphatic carbocycles. The van der Waals surface area contributed by atoms with Crippen LogP contribution in [0.3, 0.4) is 0 Å². The fraction of sp³-hybridized carbons (Fsp3) is 0.407. The normalized spacial score (nSPS) is 14.6. The third-order valence-electron chi connectivity index (χ3n) is 5.29. The number of carbonyl (C=O) groups is 2. The third kappa shape index (κ3) is 7.67. The molecule has 3 rings (SSSR count). The van der Waals surface area contributed by atoms with Crippen molar-refractivity contribution in [3.8, 4) is 11.1 Å². The van der Waals surface area contributed by atoms with Gasteiger partial charge in [0.05, 0.1) is 24.6 Å². The van der Waals surface area contributed by atoms with Crippen LogP contribution in [0.4, 0.5) is 0 Å². The average Bonchev–Trinajstić information content (AvgIpc) is 2.99. The molecule has 0 bridgehead atoms. The molecule has 0 saturated heterocycles. The van der Waals surface area contributed by atoms with Crippen LogP contribution in [-0.4, -0.2) is 49.8 Å². The minimum atomic E-state index is -0.242. The van der Waals surface area contributed by atoms with Gasteiger partial charge in [0.25, 0.3) is 0 Å². The molecule has 0 unspecified atom stereocenters. The van der Waals surface area contributed by atoms with Gasteiger partial charge >= 0.3 is 11.9 Å². The van der Waals surface area contributed by atoms with E-state index in [2.05, 4.69) is 10.3 Å². The summed E-state index contributed by atoms with van der Waals surface area (Å²) in [6.07, 6.45) is 2.01. The minimum Gasteiger partial charge on any atom is -0.466 e. The molecule has 0 saturated carbocycles. The maximum absolute atomic E-state index is 11.5. The molecule has 186 valence electrons. The molecule has 0 atom stereocenters. The van der Waals surface area contributed by atoms with Crippen LogP contribution in [0.1, 0.15) is 57.1 Å². The Morgan fingerprint density at radius 3 is 1.49 bits per heavy atom. The van der Waals surface area contributed by atoms with E-state index in [0.29, 0.717) is 45.7 Å². The number of ether oxygens (including phenoxy) is 2. The van der Waals surface area contributed by atoms with E-state index in [1.165, 1.54) is 0 Å². The smallest absolute Gasteiger partial charge is 0.305 e. The number of hydrogen-bond donors (Lipinski definition) is 0. The van der Waals surface area contributed by atoms with Crippen molar-refractivity contribution >= 4 is 23.4 Å². The molecule has 0 N–H and O–H groups in total. The Kier molecular flexibility index (Phi) is 10.3. The van der Waals surface area contributed by atoms with Crippen LogP contribution >= 0.6 is 0 Å². The molecule has 0 heterocycles. The molecule has 2 aromatic rings. The molecule has 0 radical (unpaired) electrons. The van der Waals surface area contributed by atoms with Crippen molar-refractivity contribution in [2.45, 2.75) is 46.0 Å². The van der Waals surface area contributed by atoms with Crippen LogP contribution in [0, 0.1) is 0 Å². The van der Waals surface area contributed by atoms with Crippen molar-refractivity contribution in [1.82, 2.24) is 0 Å². The van der Waals surface area contributed by atoms with E-state index in [1.54, 1.807) is 13.8 Å². The summed E-state index contributed by atoms with van der Waals surface area (Å²) >= 11 is 0. The highest BCUT2D eigenvalue weighted by Gasteiger charge is 2.23. The van der Waals surface area contributed by atoms with Crippen molar-refractivity contribution in [2.24, 2.45) is 10.3 Å². The molecular formula is C27H32N2O6. The first-order valence-electron chi connectivity index (χ1n) is 12.0. The Balaban J connectivity index is 1.75. The molecular weight excluding hydrogens is 448 g/mol. The van der Waals surface area contributed by atoms with E-state index >= 15 is 0 Å². The number of hydrogen-bond acceptors (Lipinski definition) is 8. The predicted octanol–water partition coefficient (Wildman–Crippen LogP) is 4.89. The number of nitrogens with zero attached hydrogens (tertiary/aromatic N) is 2. The molecule has 1 aliphatic rings. The molecule has 8 heteroatoms. The Labute approximate surface area is 205 Å². The number of oxime groups is 2. The van der Waals surface area contributed by atoms with E-state index in [-0.39, 0.29) is 24.8 Å². The van der Waals surface area contributed by atoms with Crippen molar-refractivity contribution in [1.29, 1.82) is 0 Å². The van der Waals surface area contributed by atoms with Gasteiger partial charge in [-0.15, -0.1) is 0 Å². The molecule has 8 nitrogen and oxygen atoms in total. The topological polar surface area (TPSA) is 95.8 Å². The highest BCUT2D eigenvalue weighted by atomic mass is 16.6. The lowest BCUT2D eigenvalue weighted by Gasteiger charge is -2.09. The number of carbonyl (C=O) groups excluding carboxylic acids is 2. The van der Waals surface area contributed by atoms with Gasteiger partial charge in [0.2, 0.25) is 0 Å². The monoisotopic (exact) mass is 480 g/mol. The van der Waals surface area contributed by atoms with Gasteiger partial charge in [-0.3, -0.25) is 9.59 Å². The van der Waals surface area contributed by atoms with Crippen LogP contribution in [0.15, 0.2) is 58.8 Å². The van der Waals surface area contributed by atoms with Gasteiger partial charge in [-0.05, 0) is 37.8 Å². The quantitative estimate of drug-likeness (QED) is 0.244. The summed E-state index contributed by atoms with van der Waals surface area (Å²) in [4.78, 5) is 34.2. The van der Waals surface area contributed by atoms with Crippen LogP contribution in [-0.2, 0) is 28.7 Å². The molecule has 0 aromatic heterocycles. The van der Waals surface area contributed by atoms with E-state index in [0.717, 1.165) is 33.7 Å². The first-order chi connectivity index (χ1) is 17.1. The largest absolute Gasteiger partial charge is 0.466 e. The second kappa shape index (κ2) is 13.9. The number of esters is 2. The zero-order valence-corrected chi connectivity index (χ0v) is 20.3. The zero-order valence-electron chi connectivity index (χ0n) is 20.3. The van der Waals surface area contributed by atoms with Crippen molar-refractivity contribution < 1.29 is 28.7 Å². The summed E-state index contributed by atoms with van der Waals surface area (Å²) in [7, 11) is 0. The van der Waals surface area contributed by atoms with E-state index < -0.39 is 0 Å². The number of benzene rings is 2. The predicted molar refractivity (Wildman–Crippen MR) is 133 cm³/mol. The summed E-state index contributed by atoms with van der Waals surface area (Å²) in [6, 6.07) is 16.0. The zero-order chi connectivity index (χ0) is 24.9. The van der Waals surface area contributed by atoms with Crippen molar-refractivity contribution in [3.05, 3.63) is 59.7 Å². The second-order valence-corrected chi connectivity index (χ2v) is 7.83. The fourth-order valence-electron chi connectivity index (χ4n) is 3.73. The summed E-state index contributed by atoms with van der Waals surface area (Å²) in [6.45, 7) is 4.90. The van der Waals surface area contributed by atoms with Gasteiger partial charge in [-0.25, -0.2) is 0 Å². The number of rotatable bonds is 12. The van der Waals surface area contributed by atoms with Gasteiger partial charge in [0.15, 0.2) is 0 Å². The maximum Gasteiger partial charge on any atom is 0.305 e. The summed E-state index contributed by atoms with van der Waals surface area (Å²) in [5.41, 5.74) is 5.42. The average molecular weight is 481 g/mol. The highest BCUT2D eigenvalue weighted by molar-refractivity contribution is 6.24. The van der Waals surface area contributed by atoms with E-state index in [4.69, 9.17) is 19.1 Å². The molecule has 35 heavy (non-hydrogen) atoms. The maximum atomic E-state index is 11.5. The Morgan fingerprint density at radius 2 is 1.09 bits per heavy atom. The van der Waals surface area contributed by atoms with Crippen LogP contribution < -0.4 is 0 Å². The lowest BCUT2D eigenvalue weighted by atomic mass is 9.96. The Hall–Kier alpha value is -3.68. The van der Waals surface area contributed by atoms with Crippen LogP contribution in [0.25, 0.3) is 11.1 Å². The summed E-state index contributed by atoms with van der Waals surface area (Å²) in [5, 5.41) is 8.83. The van der Waals surface area contributed by atoms with Gasteiger partial charge in [0.1, 0.15) is 13.2 Å². The third-order valence-corrected chi connectivity index (χ3v) is 5.29.